The molecule has 0 spiro atoms. The van der Waals surface area contributed by atoms with Gasteiger partial charge in [0.2, 0.25) is 5.91 Å². The summed E-state index contributed by atoms with van der Waals surface area (Å²) in [7, 11) is 0. The maximum atomic E-state index is 13.6. The van der Waals surface area contributed by atoms with Crippen LogP contribution in [0.2, 0.25) is 0 Å². The number of nitrogens with zero attached hydrogens (tertiary/aromatic N) is 2. The van der Waals surface area contributed by atoms with E-state index < -0.39 is 5.82 Å². The molecule has 0 aliphatic carbocycles. The number of benzene rings is 2. The molecule has 2 aromatic carbocycles. The van der Waals surface area contributed by atoms with Crippen molar-refractivity contribution in [2.24, 2.45) is 0 Å². The Labute approximate surface area is 153 Å². The molecule has 2 N–H and O–H groups in total. The Morgan fingerprint density at radius 1 is 1.22 bits per heavy atom. The van der Waals surface area contributed by atoms with Crippen LogP contribution in [0.15, 0.2) is 47.4 Å². The number of fused-ring (bicyclic) bond motifs is 3. The number of aryl methyl sites for hydroxylation is 1. The Kier molecular flexibility index (Phi) is 3.99. The number of rotatable bonds is 3. The molecule has 2 heterocycles. The van der Waals surface area contributed by atoms with E-state index in [4.69, 9.17) is 0 Å². The van der Waals surface area contributed by atoms with E-state index in [1.807, 2.05) is 32.0 Å². The molecule has 4 aromatic rings. The van der Waals surface area contributed by atoms with Gasteiger partial charge in [-0.05, 0) is 49.2 Å². The highest BCUT2D eigenvalue weighted by atomic mass is 19.1. The third-order valence-corrected chi connectivity index (χ3v) is 4.73. The standard InChI is InChI=1S/C20H17FN4O2/c1-11-4-3-5-16(12(11)2)23-18(26)10-25-20(27)15-9-22-17-7-6-13(21)8-14(17)19(15)24-25/h3-9,24H,10H2,1-2H3,(H,23,26). The van der Waals surface area contributed by atoms with Crippen LogP contribution in [-0.2, 0) is 11.3 Å². The van der Waals surface area contributed by atoms with Crippen LogP contribution in [0.3, 0.4) is 0 Å². The molecule has 0 unspecified atom stereocenters. The first-order valence-electron chi connectivity index (χ1n) is 8.47. The maximum absolute atomic E-state index is 13.6. The molecular formula is C20H17FN4O2. The minimum Gasteiger partial charge on any atom is -0.324 e. The fourth-order valence-electron chi connectivity index (χ4n) is 3.11. The summed E-state index contributed by atoms with van der Waals surface area (Å²) in [6, 6.07) is 9.82. The molecule has 136 valence electrons. The van der Waals surface area contributed by atoms with Gasteiger partial charge in [0, 0.05) is 17.3 Å². The van der Waals surface area contributed by atoms with Gasteiger partial charge in [-0.25, -0.2) is 9.07 Å². The van der Waals surface area contributed by atoms with Crippen LogP contribution in [0.1, 0.15) is 11.1 Å². The molecule has 2 aromatic heterocycles. The van der Waals surface area contributed by atoms with E-state index >= 15 is 0 Å². The normalized spacial score (nSPS) is 11.2. The second kappa shape index (κ2) is 6.35. The summed E-state index contributed by atoms with van der Waals surface area (Å²) in [6.45, 7) is 3.70. The minimum absolute atomic E-state index is 0.183. The minimum atomic E-state index is -0.418. The summed E-state index contributed by atoms with van der Waals surface area (Å²) in [5, 5.41) is 6.55. The fraction of sp³-hybridized carbons (Fsp3) is 0.150. The van der Waals surface area contributed by atoms with Crippen molar-refractivity contribution in [3.63, 3.8) is 0 Å². The molecule has 6 nitrogen and oxygen atoms in total. The van der Waals surface area contributed by atoms with Gasteiger partial charge in [-0.15, -0.1) is 0 Å². The van der Waals surface area contributed by atoms with Crippen molar-refractivity contribution in [3.05, 3.63) is 69.9 Å². The zero-order valence-corrected chi connectivity index (χ0v) is 14.8. The van der Waals surface area contributed by atoms with Crippen molar-refractivity contribution in [2.75, 3.05) is 5.32 Å². The molecule has 1 amide bonds. The number of aromatic nitrogens is 3. The lowest BCUT2D eigenvalue weighted by atomic mass is 10.1. The highest BCUT2D eigenvalue weighted by Crippen LogP contribution is 2.21. The Morgan fingerprint density at radius 2 is 2.04 bits per heavy atom. The average molecular weight is 364 g/mol. The first-order chi connectivity index (χ1) is 12.9. The molecule has 7 heteroatoms. The van der Waals surface area contributed by atoms with Gasteiger partial charge in [-0.2, -0.15) is 0 Å². The Balaban J connectivity index is 1.69. The number of nitrogens with one attached hydrogen (secondary N) is 2. The number of hydrogen-bond acceptors (Lipinski definition) is 3. The molecule has 0 bridgehead atoms. The number of aromatic amines is 1. The highest BCUT2D eigenvalue weighted by Gasteiger charge is 2.14. The van der Waals surface area contributed by atoms with Gasteiger partial charge in [0.1, 0.15) is 12.4 Å². The van der Waals surface area contributed by atoms with Crippen LogP contribution in [0.25, 0.3) is 21.8 Å². The van der Waals surface area contributed by atoms with Gasteiger partial charge >= 0.3 is 0 Å². The lowest BCUT2D eigenvalue weighted by Crippen LogP contribution is -2.26. The highest BCUT2D eigenvalue weighted by molar-refractivity contribution is 6.02. The van der Waals surface area contributed by atoms with Crippen LogP contribution in [-0.4, -0.2) is 20.7 Å². The van der Waals surface area contributed by atoms with Crippen molar-refractivity contribution >= 4 is 33.4 Å². The fourth-order valence-corrected chi connectivity index (χ4v) is 3.11. The van der Waals surface area contributed by atoms with E-state index in [2.05, 4.69) is 15.4 Å². The molecule has 0 radical (unpaired) electrons. The molecule has 4 rings (SSSR count). The van der Waals surface area contributed by atoms with Crippen molar-refractivity contribution in [1.82, 2.24) is 14.8 Å². The van der Waals surface area contributed by atoms with Gasteiger partial charge in [0.05, 0.1) is 16.4 Å². The summed E-state index contributed by atoms with van der Waals surface area (Å²) >= 11 is 0. The zero-order valence-electron chi connectivity index (χ0n) is 14.8. The van der Waals surface area contributed by atoms with Crippen molar-refractivity contribution in [2.45, 2.75) is 20.4 Å². The summed E-state index contributed by atoms with van der Waals surface area (Å²) in [5.41, 5.74) is 3.40. The summed E-state index contributed by atoms with van der Waals surface area (Å²) < 4.78 is 14.8. The van der Waals surface area contributed by atoms with E-state index in [1.165, 1.54) is 23.0 Å². The number of carbonyl (C=O) groups excluding carboxylic acids is 1. The second-order valence-corrected chi connectivity index (χ2v) is 6.51. The van der Waals surface area contributed by atoms with E-state index in [0.717, 1.165) is 11.1 Å². The number of anilines is 1. The van der Waals surface area contributed by atoms with Gasteiger partial charge in [0.15, 0.2) is 0 Å². The Bertz CT molecular complexity index is 1260. The predicted octanol–water partition coefficient (Wildman–Crippen LogP) is 3.27. The molecule has 0 aliphatic rings. The SMILES string of the molecule is Cc1cccc(NC(=O)Cn2[nH]c3c(cnc4ccc(F)cc43)c2=O)c1C. The molecule has 0 atom stereocenters. The Hall–Kier alpha value is -3.48. The molecule has 27 heavy (non-hydrogen) atoms. The van der Waals surface area contributed by atoms with Crippen molar-refractivity contribution in [1.29, 1.82) is 0 Å². The monoisotopic (exact) mass is 364 g/mol. The van der Waals surface area contributed by atoms with Crippen LogP contribution in [0, 0.1) is 19.7 Å². The average Bonchev–Trinajstić information content (AvgIpc) is 2.95. The first kappa shape index (κ1) is 17.0. The van der Waals surface area contributed by atoms with Crippen molar-refractivity contribution in [3.8, 4) is 0 Å². The van der Waals surface area contributed by atoms with Gasteiger partial charge in [0.25, 0.3) is 5.56 Å². The predicted molar refractivity (Wildman–Crippen MR) is 102 cm³/mol. The number of hydrogen-bond donors (Lipinski definition) is 2. The largest absolute Gasteiger partial charge is 0.324 e. The van der Waals surface area contributed by atoms with Crippen LogP contribution in [0.4, 0.5) is 10.1 Å². The first-order valence-corrected chi connectivity index (χ1v) is 8.47. The van der Waals surface area contributed by atoms with Gasteiger partial charge < -0.3 is 5.32 Å². The second-order valence-electron chi connectivity index (χ2n) is 6.51. The summed E-state index contributed by atoms with van der Waals surface area (Å²) in [4.78, 5) is 29.2. The van der Waals surface area contributed by atoms with Crippen LogP contribution in [0.5, 0.6) is 0 Å². The number of H-pyrrole nitrogens is 1. The summed E-state index contributed by atoms with van der Waals surface area (Å²) in [5.74, 6) is -0.751. The Morgan fingerprint density at radius 3 is 2.85 bits per heavy atom. The smallest absolute Gasteiger partial charge is 0.276 e. The quantitative estimate of drug-likeness (QED) is 0.585. The van der Waals surface area contributed by atoms with E-state index in [1.54, 1.807) is 6.07 Å². The maximum Gasteiger partial charge on any atom is 0.276 e. The van der Waals surface area contributed by atoms with E-state index in [-0.39, 0.29) is 18.0 Å². The van der Waals surface area contributed by atoms with Crippen LogP contribution >= 0.6 is 0 Å². The lowest BCUT2D eigenvalue weighted by Gasteiger charge is -2.10. The zero-order chi connectivity index (χ0) is 19.1. The van der Waals surface area contributed by atoms with Crippen LogP contribution < -0.4 is 10.9 Å². The van der Waals surface area contributed by atoms with Gasteiger partial charge in [-0.3, -0.25) is 19.7 Å². The number of amides is 1. The number of halogens is 1. The third-order valence-electron chi connectivity index (χ3n) is 4.73. The lowest BCUT2D eigenvalue weighted by molar-refractivity contribution is -0.116. The van der Waals surface area contributed by atoms with E-state index in [9.17, 15) is 14.0 Å². The molecule has 0 aliphatic heterocycles. The molecular weight excluding hydrogens is 347 g/mol. The van der Waals surface area contributed by atoms with Crippen molar-refractivity contribution < 1.29 is 9.18 Å². The topological polar surface area (TPSA) is 79.8 Å². The molecule has 0 saturated carbocycles. The summed E-state index contributed by atoms with van der Waals surface area (Å²) in [6.07, 6.45) is 1.44. The molecule has 0 fully saturated rings. The number of carbonyl (C=O) groups is 1. The third kappa shape index (κ3) is 2.97. The van der Waals surface area contributed by atoms with E-state index in [0.29, 0.717) is 27.5 Å². The van der Waals surface area contributed by atoms with Gasteiger partial charge in [-0.1, -0.05) is 12.1 Å². The number of pyridine rings is 1. The molecule has 0 saturated heterocycles.